The maximum Gasteiger partial charge on any atom is 0.132 e. The van der Waals surface area contributed by atoms with Gasteiger partial charge >= 0.3 is 0 Å². The largest absolute Gasteiger partial charge is 0.497 e. The molecule has 1 aromatic carbocycles. The van der Waals surface area contributed by atoms with E-state index in [2.05, 4.69) is 51.4 Å². The number of hydrogen-bond donors (Lipinski definition) is 2. The van der Waals surface area contributed by atoms with Crippen molar-refractivity contribution in [3.05, 3.63) is 78.4 Å². The van der Waals surface area contributed by atoms with E-state index >= 15 is 0 Å². The summed E-state index contributed by atoms with van der Waals surface area (Å²) in [5, 5.41) is 3.39. The van der Waals surface area contributed by atoms with Gasteiger partial charge in [0.15, 0.2) is 0 Å². The highest BCUT2D eigenvalue weighted by Gasteiger charge is 2.20. The van der Waals surface area contributed by atoms with Crippen LogP contribution < -0.4 is 10.0 Å². The smallest absolute Gasteiger partial charge is 0.132 e. The second kappa shape index (κ2) is 10.1. The maximum absolute atomic E-state index is 5.30. The third-order valence-corrected chi connectivity index (χ3v) is 5.20. The molecule has 0 amide bonds. The first kappa shape index (κ1) is 20.2. The summed E-state index contributed by atoms with van der Waals surface area (Å²) in [7, 11) is 1.59. The van der Waals surface area contributed by atoms with Gasteiger partial charge < -0.3 is 10.1 Å². The molecule has 1 saturated carbocycles. The van der Waals surface area contributed by atoms with E-state index in [0.29, 0.717) is 18.3 Å². The molecule has 0 saturated heterocycles. The van der Waals surface area contributed by atoms with Crippen LogP contribution in [0.5, 0.6) is 0 Å². The van der Waals surface area contributed by atoms with Crippen molar-refractivity contribution in [1.82, 2.24) is 4.72 Å². The molecule has 1 heterocycles. The van der Waals surface area contributed by atoms with E-state index in [-0.39, 0.29) is 0 Å². The van der Waals surface area contributed by atoms with E-state index in [1.807, 2.05) is 18.2 Å². The predicted molar refractivity (Wildman–Crippen MR) is 121 cm³/mol. The van der Waals surface area contributed by atoms with Gasteiger partial charge in [-0.05, 0) is 36.6 Å². The van der Waals surface area contributed by atoms with Gasteiger partial charge in [0.05, 0.1) is 19.4 Å². The van der Waals surface area contributed by atoms with E-state index in [4.69, 9.17) is 4.74 Å². The van der Waals surface area contributed by atoms with E-state index < -0.39 is 0 Å². The third kappa shape index (κ3) is 5.97. The minimum atomic E-state index is 0.492. The van der Waals surface area contributed by atoms with Crippen molar-refractivity contribution in [2.45, 2.75) is 24.6 Å². The van der Waals surface area contributed by atoms with E-state index in [9.17, 15) is 0 Å². The lowest BCUT2D eigenvalue weighted by atomic mass is 10.1. The molecule has 0 radical (unpaired) electrons. The lowest BCUT2D eigenvalue weighted by molar-refractivity contribution is 0.306. The summed E-state index contributed by atoms with van der Waals surface area (Å²) in [6.45, 7) is 8.21. The van der Waals surface area contributed by atoms with Crippen LogP contribution in [0.15, 0.2) is 82.8 Å². The Hall–Kier alpha value is -2.57. The van der Waals surface area contributed by atoms with Gasteiger partial charge in [-0.15, -0.1) is 0 Å². The first-order chi connectivity index (χ1) is 13.7. The van der Waals surface area contributed by atoms with Crippen LogP contribution in [0.4, 0.5) is 5.69 Å². The van der Waals surface area contributed by atoms with Crippen molar-refractivity contribution in [3.63, 3.8) is 0 Å². The second-order valence-electron chi connectivity index (χ2n) is 6.52. The number of methoxy groups -OCH3 is 1. The van der Waals surface area contributed by atoms with E-state index in [1.165, 1.54) is 18.4 Å². The molecule has 0 unspecified atom stereocenters. The molecule has 1 fully saturated rings. The van der Waals surface area contributed by atoms with E-state index in [1.54, 1.807) is 31.3 Å². The molecule has 1 aliphatic carbocycles. The number of allylic oxidation sites excluding steroid dienone is 4. The van der Waals surface area contributed by atoms with Crippen LogP contribution in [-0.2, 0) is 10.5 Å². The quantitative estimate of drug-likeness (QED) is 0.345. The number of ether oxygens (including phenoxy) is 1. The molecule has 6 heteroatoms. The summed E-state index contributed by atoms with van der Waals surface area (Å²) in [4.78, 5) is 9.05. The summed E-state index contributed by atoms with van der Waals surface area (Å²) in [5.41, 5.74) is 3.80. The van der Waals surface area contributed by atoms with Crippen LogP contribution in [0, 0.1) is 0 Å². The zero-order chi connectivity index (χ0) is 19.8. The standard InChI is InChI=1S/C22H26N4OS/c1-4-6-20(16(2)27-3)21-14-22(24-12-11-23-21)25-19-8-5-7-17(13-19)15-28-26-18-9-10-18/h4-8,12-14,18,25-26H,1-2,9-11,15H2,3H3/b20-6+. The fourth-order valence-corrected chi connectivity index (χ4v) is 3.50. The number of benzene rings is 1. The molecule has 0 bridgehead atoms. The van der Waals surface area contributed by atoms with Gasteiger partial charge in [-0.3, -0.25) is 9.71 Å². The number of hydrogen-bond acceptors (Lipinski definition) is 6. The molecule has 0 spiro atoms. The van der Waals surface area contributed by atoms with Crippen molar-refractivity contribution in [1.29, 1.82) is 0 Å². The molecule has 0 aromatic heterocycles. The SMILES string of the molecule is C=C/C=C(\C(=C)OC)C1=NCC=NC(Nc2cccc(CSNC3CC3)c2)=C1. The highest BCUT2D eigenvalue weighted by atomic mass is 32.2. The molecule has 2 N–H and O–H groups in total. The molecular weight excluding hydrogens is 368 g/mol. The fraction of sp³-hybridized carbons (Fsp3) is 0.273. The molecule has 146 valence electrons. The predicted octanol–water partition coefficient (Wildman–Crippen LogP) is 4.64. The van der Waals surface area contributed by atoms with Gasteiger partial charge in [0.1, 0.15) is 11.6 Å². The van der Waals surface area contributed by atoms with Gasteiger partial charge in [0, 0.05) is 35.3 Å². The lowest BCUT2D eigenvalue weighted by Crippen LogP contribution is -2.07. The van der Waals surface area contributed by atoms with E-state index in [0.717, 1.165) is 28.5 Å². The Morgan fingerprint density at radius 3 is 3.00 bits per heavy atom. The number of nitrogens with one attached hydrogen (secondary N) is 2. The van der Waals surface area contributed by atoms with Gasteiger partial charge in [-0.25, -0.2) is 4.99 Å². The Morgan fingerprint density at radius 2 is 2.25 bits per heavy atom. The number of rotatable bonds is 10. The van der Waals surface area contributed by atoms with Crippen LogP contribution in [0.1, 0.15) is 18.4 Å². The average molecular weight is 395 g/mol. The first-order valence-corrected chi connectivity index (χ1v) is 10.3. The minimum absolute atomic E-state index is 0.492. The summed E-state index contributed by atoms with van der Waals surface area (Å²) in [6.07, 6.45) is 9.82. The Bertz CT molecular complexity index is 850. The minimum Gasteiger partial charge on any atom is -0.497 e. The monoisotopic (exact) mass is 394 g/mol. The summed E-state index contributed by atoms with van der Waals surface area (Å²) < 4.78 is 8.77. The highest BCUT2D eigenvalue weighted by molar-refractivity contribution is 7.96. The zero-order valence-corrected chi connectivity index (χ0v) is 17.0. The highest BCUT2D eigenvalue weighted by Crippen LogP contribution is 2.24. The van der Waals surface area contributed by atoms with Gasteiger partial charge in [-0.1, -0.05) is 43.3 Å². The molecule has 2 aliphatic rings. The van der Waals surface area contributed by atoms with Crippen LogP contribution in [-0.4, -0.2) is 31.6 Å². The fourth-order valence-electron chi connectivity index (χ4n) is 2.60. The van der Waals surface area contributed by atoms with Crippen molar-refractivity contribution in [2.24, 2.45) is 9.98 Å². The number of anilines is 1. The van der Waals surface area contributed by atoms with Crippen LogP contribution in [0.3, 0.4) is 0 Å². The van der Waals surface area contributed by atoms with Crippen LogP contribution in [0.2, 0.25) is 0 Å². The second-order valence-corrected chi connectivity index (χ2v) is 7.33. The average Bonchev–Trinajstić information content (AvgIpc) is 3.54. The van der Waals surface area contributed by atoms with Crippen LogP contribution in [0.25, 0.3) is 0 Å². The summed E-state index contributed by atoms with van der Waals surface area (Å²) >= 11 is 1.77. The third-order valence-electron chi connectivity index (χ3n) is 4.22. The molecule has 1 aliphatic heterocycles. The number of aliphatic imine (C=N–C) groups is 2. The Morgan fingerprint density at radius 1 is 1.39 bits per heavy atom. The lowest BCUT2D eigenvalue weighted by Gasteiger charge is -2.11. The topological polar surface area (TPSA) is 58.0 Å². The van der Waals surface area contributed by atoms with Crippen molar-refractivity contribution in [3.8, 4) is 0 Å². The van der Waals surface area contributed by atoms with Crippen molar-refractivity contribution < 1.29 is 4.74 Å². The molecule has 28 heavy (non-hydrogen) atoms. The Kier molecular flexibility index (Phi) is 7.28. The maximum atomic E-state index is 5.30. The first-order valence-electron chi connectivity index (χ1n) is 9.28. The van der Waals surface area contributed by atoms with Crippen molar-refractivity contribution >= 4 is 29.6 Å². The zero-order valence-electron chi connectivity index (χ0n) is 16.1. The molecular formula is C22H26N4OS. The summed E-state index contributed by atoms with van der Waals surface area (Å²) in [5.74, 6) is 2.19. The normalized spacial score (nSPS) is 16.7. The molecule has 1 aromatic rings. The Balaban J connectivity index is 1.72. The molecule has 3 rings (SSSR count). The van der Waals surface area contributed by atoms with Gasteiger partial charge in [0.25, 0.3) is 0 Å². The van der Waals surface area contributed by atoms with Gasteiger partial charge in [-0.2, -0.15) is 0 Å². The van der Waals surface area contributed by atoms with Crippen LogP contribution >= 0.6 is 11.9 Å². The molecule has 0 atom stereocenters. The molecule has 5 nitrogen and oxygen atoms in total. The Labute approximate surface area is 171 Å². The van der Waals surface area contributed by atoms with Crippen molar-refractivity contribution in [2.75, 3.05) is 19.0 Å². The van der Waals surface area contributed by atoms with Gasteiger partial charge in [0.2, 0.25) is 0 Å². The summed E-state index contributed by atoms with van der Waals surface area (Å²) in [6, 6.07) is 9.08. The number of nitrogens with zero attached hydrogens (tertiary/aromatic N) is 2.